The molecular weight excluding hydrogens is 342 g/mol. The number of thioether (sulfide) groups is 1. The van der Waals surface area contributed by atoms with Crippen molar-refractivity contribution in [3.8, 4) is 0 Å². The highest BCUT2D eigenvalue weighted by Crippen LogP contribution is 2.35. The number of hydrogen-bond acceptors (Lipinski definition) is 2. The fourth-order valence-corrected chi connectivity index (χ4v) is 4.12. The molecule has 19 heavy (non-hydrogen) atoms. The zero-order chi connectivity index (χ0) is 13.2. The summed E-state index contributed by atoms with van der Waals surface area (Å²) in [5.74, 6) is 2.17. The second kappa shape index (κ2) is 5.78. The molecule has 1 heterocycles. The normalized spacial score (nSPS) is 17.9. The molecule has 0 amide bonds. The molecule has 0 spiro atoms. The SMILES string of the molecule is Clc1cc(Br)ccc1NC1CSCc2ccccc21. The van der Waals surface area contributed by atoms with E-state index in [1.165, 1.54) is 11.1 Å². The average Bonchev–Trinajstić information content (AvgIpc) is 2.42. The molecule has 1 aliphatic heterocycles. The predicted octanol–water partition coefficient (Wildman–Crippen LogP) is 5.50. The highest BCUT2D eigenvalue weighted by Gasteiger charge is 2.20. The lowest BCUT2D eigenvalue weighted by Crippen LogP contribution is -2.18. The van der Waals surface area contributed by atoms with Crippen molar-refractivity contribution in [2.75, 3.05) is 11.1 Å². The van der Waals surface area contributed by atoms with Crippen LogP contribution in [-0.4, -0.2) is 5.75 Å². The van der Waals surface area contributed by atoms with Crippen LogP contribution in [0.5, 0.6) is 0 Å². The topological polar surface area (TPSA) is 12.0 Å². The lowest BCUT2D eigenvalue weighted by molar-refractivity contribution is 0.871. The minimum Gasteiger partial charge on any atom is -0.376 e. The first kappa shape index (κ1) is 13.3. The van der Waals surface area contributed by atoms with Crippen LogP contribution in [0.15, 0.2) is 46.9 Å². The molecule has 0 aromatic heterocycles. The first-order valence-corrected chi connectivity index (χ1v) is 8.44. The van der Waals surface area contributed by atoms with Gasteiger partial charge in [0.25, 0.3) is 0 Å². The van der Waals surface area contributed by atoms with E-state index in [0.717, 1.165) is 26.7 Å². The van der Waals surface area contributed by atoms with Crippen LogP contribution in [0.4, 0.5) is 5.69 Å². The molecule has 2 aromatic rings. The van der Waals surface area contributed by atoms with Gasteiger partial charge in [-0.1, -0.05) is 51.8 Å². The second-order valence-corrected chi connectivity index (χ2v) is 6.89. The first-order valence-electron chi connectivity index (χ1n) is 6.11. The minimum atomic E-state index is 0.327. The first-order chi connectivity index (χ1) is 9.24. The van der Waals surface area contributed by atoms with Crippen LogP contribution in [0.1, 0.15) is 17.2 Å². The van der Waals surface area contributed by atoms with Gasteiger partial charge in [-0.25, -0.2) is 0 Å². The third-order valence-corrected chi connectivity index (χ3v) is 5.12. The Bertz CT molecular complexity index is 602. The Hall–Kier alpha value is -0.640. The highest BCUT2D eigenvalue weighted by molar-refractivity contribution is 9.10. The Morgan fingerprint density at radius 2 is 2.05 bits per heavy atom. The molecule has 2 aromatic carbocycles. The summed E-state index contributed by atoms with van der Waals surface area (Å²) >= 11 is 11.7. The second-order valence-electron chi connectivity index (χ2n) is 4.54. The fourth-order valence-electron chi connectivity index (χ4n) is 2.30. The number of anilines is 1. The number of rotatable bonds is 2. The predicted molar refractivity (Wildman–Crippen MR) is 88.1 cm³/mol. The van der Waals surface area contributed by atoms with E-state index in [1.807, 2.05) is 30.0 Å². The fraction of sp³-hybridized carbons (Fsp3) is 0.200. The van der Waals surface area contributed by atoms with Crippen LogP contribution in [0.2, 0.25) is 5.02 Å². The summed E-state index contributed by atoms with van der Waals surface area (Å²) < 4.78 is 1.00. The molecule has 1 atom stereocenters. The Labute approximate surface area is 130 Å². The van der Waals surface area contributed by atoms with Crippen molar-refractivity contribution in [3.05, 3.63) is 63.1 Å². The van der Waals surface area contributed by atoms with Gasteiger partial charge in [-0.3, -0.25) is 0 Å². The van der Waals surface area contributed by atoms with Crippen LogP contribution in [0.25, 0.3) is 0 Å². The van der Waals surface area contributed by atoms with Gasteiger partial charge in [0, 0.05) is 16.0 Å². The molecule has 1 N–H and O–H groups in total. The summed E-state index contributed by atoms with van der Waals surface area (Å²) in [7, 11) is 0. The summed E-state index contributed by atoms with van der Waals surface area (Å²) in [6.45, 7) is 0. The molecule has 1 aliphatic rings. The van der Waals surface area contributed by atoms with Crippen molar-refractivity contribution in [1.29, 1.82) is 0 Å². The van der Waals surface area contributed by atoms with Crippen molar-refractivity contribution in [3.63, 3.8) is 0 Å². The highest BCUT2D eigenvalue weighted by atomic mass is 79.9. The third kappa shape index (κ3) is 2.93. The van der Waals surface area contributed by atoms with E-state index in [4.69, 9.17) is 11.6 Å². The standard InChI is InChI=1S/C15H13BrClNS/c16-11-5-6-14(13(17)7-11)18-15-9-19-8-10-3-1-2-4-12(10)15/h1-7,15,18H,8-9H2. The lowest BCUT2D eigenvalue weighted by Gasteiger charge is -2.27. The Morgan fingerprint density at radius 1 is 1.21 bits per heavy atom. The summed E-state index contributed by atoms with van der Waals surface area (Å²) in [6, 6.07) is 14.9. The van der Waals surface area contributed by atoms with Gasteiger partial charge < -0.3 is 5.32 Å². The number of fused-ring (bicyclic) bond motifs is 1. The van der Waals surface area contributed by atoms with Crippen molar-refractivity contribution in [1.82, 2.24) is 0 Å². The number of benzene rings is 2. The van der Waals surface area contributed by atoms with E-state index in [-0.39, 0.29) is 0 Å². The van der Waals surface area contributed by atoms with Crippen molar-refractivity contribution >= 4 is 45.0 Å². The Morgan fingerprint density at radius 3 is 2.89 bits per heavy atom. The molecule has 98 valence electrons. The molecule has 0 saturated carbocycles. The van der Waals surface area contributed by atoms with Gasteiger partial charge in [-0.2, -0.15) is 11.8 Å². The van der Waals surface area contributed by atoms with Gasteiger partial charge in [0.15, 0.2) is 0 Å². The van der Waals surface area contributed by atoms with Crippen LogP contribution in [0.3, 0.4) is 0 Å². The summed E-state index contributed by atoms with van der Waals surface area (Å²) in [5, 5.41) is 4.31. The average molecular weight is 355 g/mol. The number of hydrogen-bond donors (Lipinski definition) is 1. The molecule has 0 radical (unpaired) electrons. The van der Waals surface area contributed by atoms with Gasteiger partial charge in [0.1, 0.15) is 0 Å². The molecule has 1 nitrogen and oxygen atoms in total. The largest absolute Gasteiger partial charge is 0.376 e. The number of nitrogens with one attached hydrogen (secondary N) is 1. The van der Waals surface area contributed by atoms with Crippen molar-refractivity contribution < 1.29 is 0 Å². The maximum Gasteiger partial charge on any atom is 0.0648 e. The van der Waals surface area contributed by atoms with E-state index in [9.17, 15) is 0 Å². The van der Waals surface area contributed by atoms with Crippen LogP contribution in [0, 0.1) is 0 Å². The van der Waals surface area contributed by atoms with Gasteiger partial charge in [-0.05, 0) is 29.3 Å². The molecular formula is C15H13BrClNS. The smallest absolute Gasteiger partial charge is 0.0648 e. The molecule has 1 unspecified atom stereocenters. The molecule has 3 rings (SSSR count). The quantitative estimate of drug-likeness (QED) is 0.764. The van der Waals surface area contributed by atoms with Crippen LogP contribution in [-0.2, 0) is 5.75 Å². The van der Waals surface area contributed by atoms with Crippen LogP contribution >= 0.6 is 39.3 Å². The monoisotopic (exact) mass is 353 g/mol. The van der Waals surface area contributed by atoms with Gasteiger partial charge >= 0.3 is 0 Å². The maximum absolute atomic E-state index is 6.28. The maximum atomic E-state index is 6.28. The Kier molecular flexibility index (Phi) is 4.06. The zero-order valence-electron chi connectivity index (χ0n) is 10.2. The lowest BCUT2D eigenvalue weighted by atomic mass is 10.0. The van der Waals surface area contributed by atoms with E-state index in [0.29, 0.717) is 6.04 Å². The van der Waals surface area contributed by atoms with Crippen molar-refractivity contribution in [2.45, 2.75) is 11.8 Å². The van der Waals surface area contributed by atoms with Gasteiger partial charge in [0.05, 0.1) is 16.8 Å². The van der Waals surface area contributed by atoms with E-state index >= 15 is 0 Å². The van der Waals surface area contributed by atoms with Crippen molar-refractivity contribution in [2.24, 2.45) is 0 Å². The van der Waals surface area contributed by atoms with E-state index in [1.54, 1.807) is 0 Å². The molecule has 4 heteroatoms. The summed E-state index contributed by atoms with van der Waals surface area (Å²) in [5.41, 5.74) is 3.80. The molecule has 0 fully saturated rings. The van der Waals surface area contributed by atoms with Crippen LogP contribution < -0.4 is 5.32 Å². The molecule has 0 aliphatic carbocycles. The summed E-state index contributed by atoms with van der Waals surface area (Å²) in [4.78, 5) is 0. The number of halogens is 2. The minimum absolute atomic E-state index is 0.327. The van der Waals surface area contributed by atoms with Gasteiger partial charge in [-0.15, -0.1) is 0 Å². The zero-order valence-corrected chi connectivity index (χ0v) is 13.4. The third-order valence-electron chi connectivity index (χ3n) is 3.23. The molecule has 0 saturated heterocycles. The summed E-state index contributed by atoms with van der Waals surface area (Å²) in [6.07, 6.45) is 0. The molecule has 0 bridgehead atoms. The van der Waals surface area contributed by atoms with Gasteiger partial charge in [0.2, 0.25) is 0 Å². The van der Waals surface area contributed by atoms with E-state index in [2.05, 4.69) is 45.5 Å². The van der Waals surface area contributed by atoms with E-state index < -0.39 is 0 Å². The Balaban J connectivity index is 1.88.